The number of unbranched alkanes of at least 4 members (excludes halogenated alkanes) is 5. The third-order valence-electron chi connectivity index (χ3n) is 2.86. The Hall–Kier alpha value is -1.26. The van der Waals surface area contributed by atoms with Crippen molar-refractivity contribution >= 4 is 12.0 Å². The highest BCUT2D eigenvalue weighted by molar-refractivity contribution is 5.76. The molecular weight excluding hydrogens is 244 g/mol. The van der Waals surface area contributed by atoms with Gasteiger partial charge in [0.1, 0.15) is 0 Å². The number of carboxylic acids is 1. The van der Waals surface area contributed by atoms with Crippen LogP contribution in [0.5, 0.6) is 0 Å². The molecule has 5 nitrogen and oxygen atoms in total. The van der Waals surface area contributed by atoms with Crippen LogP contribution in [0.3, 0.4) is 0 Å². The Kier molecular flexibility index (Phi) is 9.00. The molecule has 19 heavy (non-hydrogen) atoms. The second-order valence-corrected chi connectivity index (χ2v) is 5.60. The summed E-state index contributed by atoms with van der Waals surface area (Å²) in [5.74, 6) is -0.916. The quantitative estimate of drug-likeness (QED) is 0.535. The molecule has 0 aliphatic carbocycles. The fraction of sp³-hybridized carbons (Fsp3) is 0.857. The van der Waals surface area contributed by atoms with Gasteiger partial charge in [-0.05, 0) is 20.3 Å². The molecule has 0 aromatic carbocycles. The van der Waals surface area contributed by atoms with Gasteiger partial charge in [-0.15, -0.1) is 0 Å². The summed E-state index contributed by atoms with van der Waals surface area (Å²) in [6.07, 6.45) is 6.99. The van der Waals surface area contributed by atoms with Crippen molar-refractivity contribution < 1.29 is 14.7 Å². The van der Waals surface area contributed by atoms with Gasteiger partial charge in [-0.3, -0.25) is 4.79 Å². The number of hydrogen-bond donors (Lipinski definition) is 3. The monoisotopic (exact) mass is 272 g/mol. The van der Waals surface area contributed by atoms with Gasteiger partial charge in [0.2, 0.25) is 0 Å². The lowest BCUT2D eigenvalue weighted by Crippen LogP contribution is -2.49. The van der Waals surface area contributed by atoms with E-state index in [9.17, 15) is 9.59 Å². The second-order valence-electron chi connectivity index (χ2n) is 5.60. The van der Waals surface area contributed by atoms with E-state index in [2.05, 4.69) is 17.6 Å². The molecular formula is C14H28N2O3. The summed E-state index contributed by atoms with van der Waals surface area (Å²) in [5, 5.41) is 14.1. The minimum absolute atomic E-state index is 0.0859. The highest BCUT2D eigenvalue weighted by Gasteiger charge is 2.23. The van der Waals surface area contributed by atoms with Crippen molar-refractivity contribution in [3.05, 3.63) is 0 Å². The van der Waals surface area contributed by atoms with Crippen LogP contribution in [-0.4, -0.2) is 29.2 Å². The molecule has 0 radical (unpaired) electrons. The lowest BCUT2D eigenvalue weighted by Gasteiger charge is -2.24. The molecule has 0 saturated carbocycles. The van der Waals surface area contributed by atoms with Crippen LogP contribution in [-0.2, 0) is 4.79 Å². The fourth-order valence-electron chi connectivity index (χ4n) is 1.88. The van der Waals surface area contributed by atoms with Gasteiger partial charge in [0.15, 0.2) is 0 Å². The normalized spacial score (nSPS) is 11.1. The van der Waals surface area contributed by atoms with E-state index in [1.165, 1.54) is 25.7 Å². The van der Waals surface area contributed by atoms with E-state index in [0.29, 0.717) is 6.54 Å². The lowest BCUT2D eigenvalue weighted by molar-refractivity contribution is -0.138. The van der Waals surface area contributed by atoms with Gasteiger partial charge in [0, 0.05) is 12.1 Å². The zero-order chi connectivity index (χ0) is 14.7. The van der Waals surface area contributed by atoms with Gasteiger partial charge in [-0.25, -0.2) is 4.79 Å². The second kappa shape index (κ2) is 9.64. The molecule has 0 aliphatic rings. The predicted octanol–water partition coefficient (Wildman–Crippen LogP) is 2.90. The molecule has 0 unspecified atom stereocenters. The summed E-state index contributed by atoms with van der Waals surface area (Å²) in [6.45, 7) is 6.22. The van der Waals surface area contributed by atoms with E-state index in [-0.39, 0.29) is 12.5 Å². The summed E-state index contributed by atoms with van der Waals surface area (Å²) < 4.78 is 0. The maximum atomic E-state index is 11.6. The number of nitrogens with one attached hydrogen (secondary N) is 2. The SMILES string of the molecule is CCCCCCCCNC(=O)NC(C)(C)CC(=O)O. The van der Waals surface area contributed by atoms with Gasteiger partial charge in [0.05, 0.1) is 6.42 Å². The van der Waals surface area contributed by atoms with Crippen molar-refractivity contribution in [1.82, 2.24) is 10.6 Å². The molecule has 0 fully saturated rings. The first-order valence-electron chi connectivity index (χ1n) is 7.15. The summed E-state index contributed by atoms with van der Waals surface area (Å²) in [7, 11) is 0. The number of carboxylic acid groups (broad SMARTS) is 1. The van der Waals surface area contributed by atoms with E-state index in [4.69, 9.17) is 5.11 Å². The van der Waals surface area contributed by atoms with E-state index in [1.54, 1.807) is 13.8 Å². The van der Waals surface area contributed by atoms with Crippen molar-refractivity contribution in [2.75, 3.05) is 6.54 Å². The largest absolute Gasteiger partial charge is 0.481 e. The average molecular weight is 272 g/mol. The van der Waals surface area contributed by atoms with Crippen molar-refractivity contribution in [2.24, 2.45) is 0 Å². The van der Waals surface area contributed by atoms with E-state index in [0.717, 1.165) is 12.8 Å². The molecule has 2 amide bonds. The number of carbonyl (C=O) groups is 2. The highest BCUT2D eigenvalue weighted by Crippen LogP contribution is 2.07. The Morgan fingerprint density at radius 3 is 2.21 bits per heavy atom. The summed E-state index contributed by atoms with van der Waals surface area (Å²) >= 11 is 0. The predicted molar refractivity (Wildman–Crippen MR) is 76.2 cm³/mol. The maximum Gasteiger partial charge on any atom is 0.315 e. The molecule has 5 heteroatoms. The first-order chi connectivity index (χ1) is 8.87. The lowest BCUT2D eigenvalue weighted by atomic mass is 10.0. The van der Waals surface area contributed by atoms with Crippen molar-refractivity contribution in [1.29, 1.82) is 0 Å². The Morgan fingerprint density at radius 1 is 1.05 bits per heavy atom. The molecule has 0 saturated heterocycles. The maximum absolute atomic E-state index is 11.6. The topological polar surface area (TPSA) is 78.4 Å². The number of carbonyl (C=O) groups excluding carboxylic acids is 1. The molecule has 0 spiro atoms. The van der Waals surface area contributed by atoms with Gasteiger partial charge in [-0.2, -0.15) is 0 Å². The standard InChI is InChI=1S/C14H28N2O3/c1-4-5-6-7-8-9-10-15-13(19)16-14(2,3)11-12(17)18/h4-11H2,1-3H3,(H,17,18)(H2,15,16,19). The molecule has 0 bridgehead atoms. The van der Waals surface area contributed by atoms with Crippen LogP contribution in [0.15, 0.2) is 0 Å². The number of hydrogen-bond acceptors (Lipinski definition) is 2. The number of amides is 2. The molecule has 0 atom stereocenters. The first kappa shape index (κ1) is 17.7. The molecule has 0 aromatic rings. The van der Waals surface area contributed by atoms with Crippen LogP contribution in [0.1, 0.15) is 65.7 Å². The zero-order valence-electron chi connectivity index (χ0n) is 12.4. The molecule has 3 N–H and O–H groups in total. The van der Waals surface area contributed by atoms with E-state index in [1.807, 2.05) is 0 Å². The number of rotatable bonds is 10. The Labute approximate surface area is 116 Å². The van der Waals surface area contributed by atoms with Gasteiger partial charge < -0.3 is 15.7 Å². The smallest absolute Gasteiger partial charge is 0.315 e. The highest BCUT2D eigenvalue weighted by atomic mass is 16.4. The minimum Gasteiger partial charge on any atom is -0.481 e. The Bertz CT molecular complexity index is 278. The summed E-state index contributed by atoms with van der Waals surface area (Å²) in [6, 6.07) is -0.292. The Balaban J connectivity index is 3.61. The number of urea groups is 1. The number of aliphatic carboxylic acids is 1. The van der Waals surface area contributed by atoms with Crippen LogP contribution in [0.2, 0.25) is 0 Å². The van der Waals surface area contributed by atoms with Crippen molar-refractivity contribution in [2.45, 2.75) is 71.3 Å². The van der Waals surface area contributed by atoms with Gasteiger partial charge in [-0.1, -0.05) is 39.0 Å². The first-order valence-corrected chi connectivity index (χ1v) is 7.15. The average Bonchev–Trinajstić information content (AvgIpc) is 2.25. The molecule has 0 rings (SSSR count). The van der Waals surface area contributed by atoms with Crippen LogP contribution in [0.25, 0.3) is 0 Å². The van der Waals surface area contributed by atoms with Gasteiger partial charge >= 0.3 is 12.0 Å². The molecule has 0 heterocycles. The van der Waals surface area contributed by atoms with Crippen LogP contribution in [0, 0.1) is 0 Å². The zero-order valence-corrected chi connectivity index (χ0v) is 12.4. The van der Waals surface area contributed by atoms with Gasteiger partial charge in [0.25, 0.3) is 0 Å². The third kappa shape index (κ3) is 11.6. The Morgan fingerprint density at radius 2 is 1.63 bits per heavy atom. The third-order valence-corrected chi connectivity index (χ3v) is 2.86. The van der Waals surface area contributed by atoms with Crippen LogP contribution < -0.4 is 10.6 Å². The fourth-order valence-corrected chi connectivity index (χ4v) is 1.88. The van der Waals surface area contributed by atoms with Crippen molar-refractivity contribution in [3.63, 3.8) is 0 Å². The molecule has 112 valence electrons. The van der Waals surface area contributed by atoms with Crippen LogP contribution in [0.4, 0.5) is 4.79 Å². The molecule has 0 aliphatic heterocycles. The summed E-state index contributed by atoms with van der Waals surface area (Å²) in [4.78, 5) is 22.2. The van der Waals surface area contributed by atoms with Crippen molar-refractivity contribution in [3.8, 4) is 0 Å². The van der Waals surface area contributed by atoms with E-state index < -0.39 is 11.5 Å². The molecule has 0 aromatic heterocycles. The minimum atomic E-state index is -0.916. The van der Waals surface area contributed by atoms with E-state index >= 15 is 0 Å². The van der Waals surface area contributed by atoms with Crippen LogP contribution >= 0.6 is 0 Å². The summed E-state index contributed by atoms with van der Waals surface area (Å²) in [5.41, 5.74) is -0.725.